The van der Waals surface area contributed by atoms with Crippen LogP contribution in [0.3, 0.4) is 0 Å². The Morgan fingerprint density at radius 2 is 1.88 bits per heavy atom. The number of aromatic nitrogens is 4. The third kappa shape index (κ3) is 4.59. The number of hydrogen-bond acceptors (Lipinski definition) is 10. The second-order valence-electron chi connectivity index (χ2n) is 8.73. The number of pyridine rings is 2. The fourth-order valence-corrected chi connectivity index (χ4v) is 3.85. The zero-order valence-corrected chi connectivity index (χ0v) is 18.9. The smallest absolute Gasteiger partial charge is 0.318 e. The number of nitrogens with zero attached hydrogens (tertiary/aromatic N) is 6. The summed E-state index contributed by atoms with van der Waals surface area (Å²) < 4.78 is 11.5. The lowest BCUT2D eigenvalue weighted by molar-refractivity contribution is 0.232. The minimum atomic E-state index is -0.0122. The van der Waals surface area contributed by atoms with E-state index in [2.05, 4.69) is 30.0 Å². The van der Waals surface area contributed by atoms with Crippen molar-refractivity contribution in [2.24, 2.45) is 0 Å². The molecule has 3 aromatic heterocycles. The van der Waals surface area contributed by atoms with E-state index < -0.39 is 0 Å². The van der Waals surface area contributed by atoms with Gasteiger partial charge in [0.05, 0.1) is 23.7 Å². The molecule has 1 saturated heterocycles. The average Bonchev–Trinajstić information content (AvgIpc) is 3.56. The molecule has 0 amide bonds. The van der Waals surface area contributed by atoms with Crippen LogP contribution < -0.4 is 20.3 Å². The SMILES string of the molecule is CC(C)Oc1cc(C(=N)c2ccnc(N3CCN(c4nnc(C5CC5)o4)CC3)c2)c(N)cn1. The fourth-order valence-electron chi connectivity index (χ4n) is 3.85. The van der Waals surface area contributed by atoms with Gasteiger partial charge in [-0.25, -0.2) is 9.97 Å². The average molecular weight is 449 g/mol. The predicted octanol–water partition coefficient (Wildman–Crippen LogP) is 2.85. The van der Waals surface area contributed by atoms with Crippen LogP contribution in [-0.4, -0.2) is 58.2 Å². The maximum absolute atomic E-state index is 8.74. The number of anilines is 3. The van der Waals surface area contributed by atoms with Crippen LogP contribution in [0.4, 0.5) is 17.5 Å². The Morgan fingerprint density at radius 1 is 1.12 bits per heavy atom. The van der Waals surface area contributed by atoms with Gasteiger partial charge >= 0.3 is 6.01 Å². The molecule has 33 heavy (non-hydrogen) atoms. The highest BCUT2D eigenvalue weighted by molar-refractivity contribution is 6.14. The van der Waals surface area contributed by atoms with Crippen LogP contribution >= 0.6 is 0 Å². The second-order valence-corrected chi connectivity index (χ2v) is 8.73. The summed E-state index contributed by atoms with van der Waals surface area (Å²) in [6.45, 7) is 6.94. The van der Waals surface area contributed by atoms with Crippen LogP contribution in [0.15, 0.2) is 35.0 Å². The number of rotatable bonds is 7. The van der Waals surface area contributed by atoms with E-state index in [9.17, 15) is 0 Å². The number of piperazine rings is 1. The molecule has 1 aliphatic carbocycles. The molecule has 3 N–H and O–H groups in total. The Bertz CT molecular complexity index is 1150. The Balaban J connectivity index is 1.28. The quantitative estimate of drug-likeness (QED) is 0.524. The van der Waals surface area contributed by atoms with E-state index in [4.69, 9.17) is 20.3 Å². The molecule has 4 heterocycles. The monoisotopic (exact) mass is 448 g/mol. The normalized spacial score (nSPS) is 16.3. The summed E-state index contributed by atoms with van der Waals surface area (Å²) in [5, 5.41) is 17.2. The summed E-state index contributed by atoms with van der Waals surface area (Å²) in [5.41, 5.74) is 8.20. The first-order valence-electron chi connectivity index (χ1n) is 11.3. The highest BCUT2D eigenvalue weighted by atomic mass is 16.5. The van der Waals surface area contributed by atoms with Crippen molar-refractivity contribution < 1.29 is 9.15 Å². The molecule has 10 nitrogen and oxygen atoms in total. The highest BCUT2D eigenvalue weighted by Gasteiger charge is 2.31. The van der Waals surface area contributed by atoms with Gasteiger partial charge in [-0.1, -0.05) is 5.10 Å². The van der Waals surface area contributed by atoms with Gasteiger partial charge in [0, 0.05) is 55.5 Å². The van der Waals surface area contributed by atoms with Crippen LogP contribution in [0.25, 0.3) is 0 Å². The van der Waals surface area contributed by atoms with Crippen molar-refractivity contribution in [3.63, 3.8) is 0 Å². The van der Waals surface area contributed by atoms with E-state index in [1.165, 1.54) is 6.20 Å². The first-order chi connectivity index (χ1) is 16.0. The zero-order chi connectivity index (χ0) is 22.9. The first kappa shape index (κ1) is 21.2. The molecule has 0 atom stereocenters. The summed E-state index contributed by atoms with van der Waals surface area (Å²) >= 11 is 0. The molecule has 2 aliphatic rings. The van der Waals surface area contributed by atoms with Crippen molar-refractivity contribution >= 4 is 23.2 Å². The second kappa shape index (κ2) is 8.68. The van der Waals surface area contributed by atoms with Crippen molar-refractivity contribution in [1.29, 1.82) is 5.41 Å². The van der Waals surface area contributed by atoms with Gasteiger partial charge in [-0.05, 0) is 38.8 Å². The fraction of sp³-hybridized carbons (Fsp3) is 0.435. The molecule has 5 rings (SSSR count). The van der Waals surface area contributed by atoms with Gasteiger partial charge in [-0.2, -0.15) is 0 Å². The van der Waals surface area contributed by atoms with Gasteiger partial charge in [-0.15, -0.1) is 5.10 Å². The lowest BCUT2D eigenvalue weighted by Gasteiger charge is -2.34. The van der Waals surface area contributed by atoms with Crippen LogP contribution in [0.1, 0.15) is 49.6 Å². The van der Waals surface area contributed by atoms with Crippen LogP contribution in [0.5, 0.6) is 5.88 Å². The molecule has 0 unspecified atom stereocenters. The minimum absolute atomic E-state index is 0.0122. The van der Waals surface area contributed by atoms with Crippen molar-refractivity contribution in [2.45, 2.75) is 38.7 Å². The summed E-state index contributed by atoms with van der Waals surface area (Å²) in [5.74, 6) is 2.50. The molecule has 1 saturated carbocycles. The van der Waals surface area contributed by atoms with E-state index in [1.54, 1.807) is 12.3 Å². The molecule has 1 aliphatic heterocycles. The number of nitrogen functional groups attached to an aromatic ring is 1. The maximum atomic E-state index is 8.74. The van der Waals surface area contributed by atoms with E-state index in [-0.39, 0.29) is 6.10 Å². The molecular weight excluding hydrogens is 420 g/mol. The van der Waals surface area contributed by atoms with E-state index in [0.717, 1.165) is 56.3 Å². The van der Waals surface area contributed by atoms with E-state index in [0.29, 0.717) is 34.8 Å². The largest absolute Gasteiger partial charge is 0.475 e. The van der Waals surface area contributed by atoms with Gasteiger partial charge in [-0.3, -0.25) is 5.41 Å². The lowest BCUT2D eigenvalue weighted by atomic mass is 10.0. The number of nitrogens with two attached hydrogens (primary N) is 1. The standard InChI is InChI=1S/C23H28N8O2/c1-14(2)32-20-12-17(18(24)13-27-20)21(25)16-5-6-26-19(11-16)30-7-9-31(10-8-30)23-29-28-22(33-23)15-3-4-15/h5-6,11-15,25H,3-4,7-10,24H2,1-2H3. The third-order valence-corrected chi connectivity index (χ3v) is 5.80. The molecule has 10 heteroatoms. The molecule has 3 aromatic rings. The highest BCUT2D eigenvalue weighted by Crippen LogP contribution is 2.40. The number of hydrogen-bond donors (Lipinski definition) is 2. The zero-order valence-electron chi connectivity index (χ0n) is 18.9. The van der Waals surface area contributed by atoms with E-state index >= 15 is 0 Å². The Labute approximate surface area is 192 Å². The van der Waals surface area contributed by atoms with Crippen LogP contribution in [0.2, 0.25) is 0 Å². The number of nitrogens with one attached hydrogen (secondary N) is 1. The van der Waals surface area contributed by atoms with Gasteiger partial charge in [0.25, 0.3) is 0 Å². The van der Waals surface area contributed by atoms with Gasteiger partial charge in [0.1, 0.15) is 5.82 Å². The first-order valence-corrected chi connectivity index (χ1v) is 11.3. The summed E-state index contributed by atoms with van der Waals surface area (Å²) in [6, 6.07) is 6.07. The van der Waals surface area contributed by atoms with Crippen LogP contribution in [-0.2, 0) is 0 Å². The molecule has 0 spiro atoms. The maximum Gasteiger partial charge on any atom is 0.318 e. The van der Waals surface area contributed by atoms with Crippen molar-refractivity contribution in [1.82, 2.24) is 20.2 Å². The molecule has 172 valence electrons. The van der Waals surface area contributed by atoms with Gasteiger partial charge < -0.3 is 24.7 Å². The summed E-state index contributed by atoms with van der Waals surface area (Å²) in [7, 11) is 0. The lowest BCUT2D eigenvalue weighted by Crippen LogP contribution is -2.47. The molecular formula is C23H28N8O2. The molecule has 0 bridgehead atoms. The molecule has 0 aromatic carbocycles. The molecule has 2 fully saturated rings. The van der Waals surface area contributed by atoms with Crippen molar-refractivity contribution in [3.8, 4) is 5.88 Å². The molecule has 0 radical (unpaired) electrons. The Hall–Kier alpha value is -3.69. The van der Waals surface area contributed by atoms with Crippen LogP contribution in [0, 0.1) is 5.41 Å². The van der Waals surface area contributed by atoms with Gasteiger partial charge in [0.15, 0.2) is 0 Å². The summed E-state index contributed by atoms with van der Waals surface area (Å²) in [4.78, 5) is 13.1. The van der Waals surface area contributed by atoms with Crippen molar-refractivity contribution in [3.05, 3.63) is 47.6 Å². The summed E-state index contributed by atoms with van der Waals surface area (Å²) in [6.07, 6.45) is 5.54. The number of ether oxygens (including phenoxy) is 1. The Morgan fingerprint density at radius 3 is 2.61 bits per heavy atom. The topological polar surface area (TPSA) is 130 Å². The van der Waals surface area contributed by atoms with Gasteiger partial charge in [0.2, 0.25) is 11.8 Å². The van der Waals surface area contributed by atoms with E-state index in [1.807, 2.05) is 26.0 Å². The third-order valence-electron chi connectivity index (χ3n) is 5.80. The minimum Gasteiger partial charge on any atom is -0.475 e. The predicted molar refractivity (Wildman–Crippen MR) is 125 cm³/mol. The Kier molecular flexibility index (Phi) is 5.57. The van der Waals surface area contributed by atoms with Crippen molar-refractivity contribution in [2.75, 3.05) is 41.7 Å².